The van der Waals surface area contributed by atoms with Crippen molar-refractivity contribution in [3.05, 3.63) is 90.6 Å². The SMILES string of the molecule is Cc1ccc(S(=O)Nc2nc3ccccc3nc2Nc2cccc3ncccc23)cc1. The number of hydrogen-bond donors (Lipinski definition) is 2. The van der Waals surface area contributed by atoms with Gasteiger partial charge in [-0.1, -0.05) is 35.9 Å². The fraction of sp³-hybridized carbons (Fsp3) is 0.0417. The van der Waals surface area contributed by atoms with E-state index in [1.54, 1.807) is 6.20 Å². The first-order valence-electron chi connectivity index (χ1n) is 9.80. The summed E-state index contributed by atoms with van der Waals surface area (Å²) in [6.45, 7) is 2.00. The summed E-state index contributed by atoms with van der Waals surface area (Å²) in [6.07, 6.45) is 1.76. The Morgan fingerprint density at radius 1 is 0.742 bits per heavy atom. The molecule has 0 bridgehead atoms. The van der Waals surface area contributed by atoms with Gasteiger partial charge in [-0.05, 0) is 55.5 Å². The third-order valence-electron chi connectivity index (χ3n) is 4.89. The van der Waals surface area contributed by atoms with Crippen molar-refractivity contribution >= 4 is 50.2 Å². The van der Waals surface area contributed by atoms with Gasteiger partial charge >= 0.3 is 0 Å². The van der Waals surface area contributed by atoms with Crippen molar-refractivity contribution in [2.75, 3.05) is 10.0 Å². The van der Waals surface area contributed by atoms with Gasteiger partial charge in [-0.15, -0.1) is 0 Å². The smallest absolute Gasteiger partial charge is 0.182 e. The minimum Gasteiger partial charge on any atom is -0.337 e. The number of anilines is 3. The molecule has 0 saturated carbocycles. The molecule has 0 aliphatic rings. The molecule has 2 heterocycles. The molecule has 0 aliphatic carbocycles. The molecule has 7 heteroatoms. The average molecular weight is 426 g/mol. The van der Waals surface area contributed by atoms with Crippen molar-refractivity contribution in [2.24, 2.45) is 0 Å². The third-order valence-corrected chi connectivity index (χ3v) is 5.97. The summed E-state index contributed by atoms with van der Waals surface area (Å²) in [5.41, 5.74) is 4.29. The Labute approximate surface area is 182 Å². The zero-order chi connectivity index (χ0) is 21.2. The standard InChI is InChI=1S/C24H19N5OS/c1-16-11-13-17(14-12-16)31(30)29-24-23(27-21-7-2-3-8-22(21)28-24)26-20-10-4-9-19-18(20)6-5-15-25-19/h2-15H,1H3,(H,26,27)(H,28,29). The molecular formula is C24H19N5OS. The van der Waals surface area contributed by atoms with Gasteiger partial charge in [0.1, 0.15) is 0 Å². The minimum absolute atomic E-state index is 0.415. The molecule has 6 nitrogen and oxygen atoms in total. The van der Waals surface area contributed by atoms with E-state index in [-0.39, 0.29) is 0 Å². The number of nitrogens with zero attached hydrogens (tertiary/aromatic N) is 3. The summed E-state index contributed by atoms with van der Waals surface area (Å²) < 4.78 is 16.0. The molecule has 5 aromatic rings. The maximum Gasteiger partial charge on any atom is 0.182 e. The molecule has 1 atom stereocenters. The highest BCUT2D eigenvalue weighted by molar-refractivity contribution is 7.86. The monoisotopic (exact) mass is 425 g/mol. The number of fused-ring (bicyclic) bond motifs is 2. The number of nitrogens with one attached hydrogen (secondary N) is 2. The van der Waals surface area contributed by atoms with Gasteiger partial charge in [-0.3, -0.25) is 9.71 Å². The molecule has 0 saturated heterocycles. The van der Waals surface area contributed by atoms with Crippen molar-refractivity contribution in [3.63, 3.8) is 0 Å². The molecule has 3 aromatic carbocycles. The first kappa shape index (κ1) is 19.1. The second-order valence-corrected chi connectivity index (χ2v) is 8.31. The van der Waals surface area contributed by atoms with E-state index in [1.165, 1.54) is 0 Å². The first-order chi connectivity index (χ1) is 15.2. The number of rotatable bonds is 5. The maximum absolute atomic E-state index is 13.0. The zero-order valence-corrected chi connectivity index (χ0v) is 17.6. The van der Waals surface area contributed by atoms with Crippen molar-refractivity contribution in [2.45, 2.75) is 11.8 Å². The Morgan fingerprint density at radius 2 is 1.45 bits per heavy atom. The van der Waals surface area contributed by atoms with Crippen LogP contribution in [-0.2, 0) is 11.0 Å². The lowest BCUT2D eigenvalue weighted by atomic mass is 10.2. The predicted octanol–water partition coefficient (Wildman–Crippen LogP) is 5.36. The van der Waals surface area contributed by atoms with Crippen LogP contribution < -0.4 is 10.0 Å². The van der Waals surface area contributed by atoms with Gasteiger partial charge in [0.25, 0.3) is 0 Å². The second kappa shape index (κ2) is 8.12. The number of benzene rings is 3. The van der Waals surface area contributed by atoms with Crippen LogP contribution in [0.5, 0.6) is 0 Å². The highest BCUT2D eigenvalue weighted by Gasteiger charge is 2.14. The van der Waals surface area contributed by atoms with E-state index in [0.29, 0.717) is 16.5 Å². The fourth-order valence-corrected chi connectivity index (χ4v) is 4.13. The van der Waals surface area contributed by atoms with Crippen molar-refractivity contribution in [1.29, 1.82) is 0 Å². The molecule has 0 aliphatic heterocycles. The largest absolute Gasteiger partial charge is 0.337 e. The zero-order valence-electron chi connectivity index (χ0n) is 16.7. The van der Waals surface area contributed by atoms with E-state index in [9.17, 15) is 4.21 Å². The minimum atomic E-state index is -1.49. The van der Waals surface area contributed by atoms with Crippen LogP contribution in [0.1, 0.15) is 5.56 Å². The number of aromatic nitrogens is 3. The summed E-state index contributed by atoms with van der Waals surface area (Å²) in [7, 11) is -1.49. The topological polar surface area (TPSA) is 79.8 Å². The fourth-order valence-electron chi connectivity index (χ4n) is 3.31. The van der Waals surface area contributed by atoms with Crippen LogP contribution in [0.3, 0.4) is 0 Å². The molecule has 2 N–H and O–H groups in total. The van der Waals surface area contributed by atoms with E-state index in [0.717, 1.165) is 33.2 Å². The lowest BCUT2D eigenvalue weighted by molar-refractivity contribution is 0.686. The highest BCUT2D eigenvalue weighted by atomic mass is 32.2. The van der Waals surface area contributed by atoms with Crippen LogP contribution in [-0.4, -0.2) is 19.2 Å². The number of pyridine rings is 1. The van der Waals surface area contributed by atoms with Gasteiger partial charge < -0.3 is 5.32 Å². The Kier molecular flexibility index (Phi) is 5.01. The van der Waals surface area contributed by atoms with Crippen LogP contribution >= 0.6 is 0 Å². The van der Waals surface area contributed by atoms with Crippen molar-refractivity contribution in [3.8, 4) is 0 Å². The Morgan fingerprint density at radius 3 is 2.23 bits per heavy atom. The number of para-hydroxylation sites is 2. The van der Waals surface area contributed by atoms with Crippen LogP contribution in [0.2, 0.25) is 0 Å². The molecular weight excluding hydrogens is 406 g/mol. The molecule has 152 valence electrons. The molecule has 2 aromatic heterocycles. The Bertz CT molecular complexity index is 1410. The lowest BCUT2D eigenvalue weighted by Gasteiger charge is -2.14. The van der Waals surface area contributed by atoms with Crippen LogP contribution in [0.15, 0.2) is 90.0 Å². The van der Waals surface area contributed by atoms with Crippen LogP contribution in [0, 0.1) is 6.92 Å². The summed E-state index contributed by atoms with van der Waals surface area (Å²) in [5.74, 6) is 0.911. The predicted molar refractivity (Wildman–Crippen MR) is 126 cm³/mol. The molecule has 1 unspecified atom stereocenters. The quantitative estimate of drug-likeness (QED) is 0.396. The highest BCUT2D eigenvalue weighted by Crippen LogP contribution is 2.29. The van der Waals surface area contributed by atoms with E-state index < -0.39 is 11.0 Å². The van der Waals surface area contributed by atoms with E-state index in [4.69, 9.17) is 4.98 Å². The maximum atomic E-state index is 13.0. The van der Waals surface area contributed by atoms with E-state index >= 15 is 0 Å². The second-order valence-electron chi connectivity index (χ2n) is 7.09. The molecule has 0 spiro atoms. The molecule has 0 amide bonds. The molecule has 31 heavy (non-hydrogen) atoms. The normalized spacial score (nSPS) is 12.0. The third kappa shape index (κ3) is 3.95. The number of aryl methyl sites for hydroxylation is 1. The summed E-state index contributed by atoms with van der Waals surface area (Å²) >= 11 is 0. The Balaban J connectivity index is 1.57. The average Bonchev–Trinajstić information content (AvgIpc) is 2.80. The van der Waals surface area contributed by atoms with Gasteiger partial charge in [0.15, 0.2) is 22.6 Å². The lowest BCUT2D eigenvalue weighted by Crippen LogP contribution is -2.10. The van der Waals surface area contributed by atoms with Gasteiger partial charge in [0, 0.05) is 17.3 Å². The van der Waals surface area contributed by atoms with E-state index in [2.05, 4.69) is 20.0 Å². The van der Waals surface area contributed by atoms with Crippen molar-refractivity contribution in [1.82, 2.24) is 15.0 Å². The number of hydrogen-bond acceptors (Lipinski definition) is 5. The summed E-state index contributed by atoms with van der Waals surface area (Å²) in [6, 6.07) is 24.9. The summed E-state index contributed by atoms with van der Waals surface area (Å²) in [4.78, 5) is 14.5. The summed E-state index contributed by atoms with van der Waals surface area (Å²) in [5, 5.41) is 4.33. The van der Waals surface area contributed by atoms with Gasteiger partial charge in [0.2, 0.25) is 0 Å². The van der Waals surface area contributed by atoms with E-state index in [1.807, 2.05) is 85.8 Å². The van der Waals surface area contributed by atoms with Gasteiger partial charge in [-0.2, -0.15) is 0 Å². The van der Waals surface area contributed by atoms with Crippen molar-refractivity contribution < 1.29 is 4.21 Å². The van der Waals surface area contributed by atoms with Gasteiger partial charge in [0.05, 0.1) is 21.4 Å². The first-order valence-corrected chi connectivity index (χ1v) is 10.9. The Hall–Kier alpha value is -3.84. The molecule has 0 radical (unpaired) electrons. The van der Waals surface area contributed by atoms with Crippen LogP contribution in [0.25, 0.3) is 21.9 Å². The van der Waals surface area contributed by atoms with Crippen LogP contribution in [0.4, 0.5) is 17.3 Å². The molecule has 0 fully saturated rings. The van der Waals surface area contributed by atoms with Gasteiger partial charge in [-0.25, -0.2) is 14.2 Å². The molecule has 5 rings (SSSR count).